The average Bonchev–Trinajstić information content (AvgIpc) is 2.75. The number of nitrogens with zero attached hydrogens (tertiary/aromatic N) is 2. The third-order valence-corrected chi connectivity index (χ3v) is 2.80. The standard InChI is InChI=1S/C14H23N3O3/c1-14(2,3)9-11(8-13(19)20)16-12(18)4-6-17-7-5-15-10-17/h5,7,10-11H,4,6,8-9H2,1-3H3,(H,16,18)(H,19,20). The normalized spacial score (nSPS) is 12.9. The molecule has 0 aliphatic carbocycles. The molecule has 0 bridgehead atoms. The van der Waals surface area contributed by atoms with Crippen LogP contribution in [-0.2, 0) is 16.1 Å². The molecular formula is C14H23N3O3. The molecule has 1 aromatic rings. The number of hydrogen-bond donors (Lipinski definition) is 2. The molecule has 0 radical (unpaired) electrons. The number of carbonyl (C=O) groups excluding carboxylic acids is 1. The van der Waals surface area contributed by atoms with E-state index in [-0.39, 0.29) is 23.8 Å². The summed E-state index contributed by atoms with van der Waals surface area (Å²) in [6, 6.07) is -0.331. The predicted molar refractivity (Wildman–Crippen MR) is 75.1 cm³/mol. The molecule has 1 rings (SSSR count). The molecule has 0 aromatic carbocycles. The van der Waals surface area contributed by atoms with Gasteiger partial charge in [0.1, 0.15) is 0 Å². The van der Waals surface area contributed by atoms with Crippen molar-refractivity contribution >= 4 is 11.9 Å². The van der Waals surface area contributed by atoms with Crippen LogP contribution in [0.25, 0.3) is 0 Å². The van der Waals surface area contributed by atoms with Crippen LogP contribution in [0.15, 0.2) is 18.7 Å². The van der Waals surface area contributed by atoms with E-state index >= 15 is 0 Å². The van der Waals surface area contributed by atoms with Gasteiger partial charge in [0, 0.05) is 31.4 Å². The van der Waals surface area contributed by atoms with Gasteiger partial charge in [-0.15, -0.1) is 0 Å². The molecule has 0 aliphatic heterocycles. The number of aryl methyl sites for hydroxylation is 1. The van der Waals surface area contributed by atoms with Crippen molar-refractivity contribution in [3.8, 4) is 0 Å². The van der Waals surface area contributed by atoms with Crippen molar-refractivity contribution in [1.29, 1.82) is 0 Å². The Bertz CT molecular complexity index is 435. The summed E-state index contributed by atoms with van der Waals surface area (Å²) < 4.78 is 1.82. The topological polar surface area (TPSA) is 84.2 Å². The maximum atomic E-state index is 11.9. The van der Waals surface area contributed by atoms with E-state index in [1.54, 1.807) is 18.7 Å². The Kier molecular flexibility index (Phi) is 5.73. The fourth-order valence-corrected chi connectivity index (χ4v) is 2.07. The van der Waals surface area contributed by atoms with Gasteiger partial charge in [-0.1, -0.05) is 20.8 Å². The van der Waals surface area contributed by atoms with Crippen LogP contribution >= 0.6 is 0 Å². The van der Waals surface area contributed by atoms with Crippen LogP contribution in [0.1, 0.15) is 40.0 Å². The van der Waals surface area contributed by atoms with Crippen LogP contribution in [0, 0.1) is 5.41 Å². The number of carboxylic acid groups (broad SMARTS) is 1. The van der Waals surface area contributed by atoms with E-state index in [1.165, 1.54) is 0 Å². The van der Waals surface area contributed by atoms with Crippen molar-refractivity contribution in [3.05, 3.63) is 18.7 Å². The summed E-state index contributed by atoms with van der Waals surface area (Å²) in [5.74, 6) is -1.02. The van der Waals surface area contributed by atoms with Crippen LogP contribution < -0.4 is 5.32 Å². The highest BCUT2D eigenvalue weighted by atomic mass is 16.4. The number of carboxylic acids is 1. The van der Waals surface area contributed by atoms with E-state index in [1.807, 2.05) is 25.3 Å². The molecule has 1 heterocycles. The van der Waals surface area contributed by atoms with E-state index in [0.717, 1.165) is 0 Å². The number of aromatic nitrogens is 2. The van der Waals surface area contributed by atoms with Crippen molar-refractivity contribution in [2.24, 2.45) is 5.41 Å². The number of imidazole rings is 1. The quantitative estimate of drug-likeness (QED) is 0.796. The van der Waals surface area contributed by atoms with E-state index < -0.39 is 5.97 Å². The maximum Gasteiger partial charge on any atom is 0.305 e. The lowest BCUT2D eigenvalue weighted by Gasteiger charge is -2.25. The Hall–Kier alpha value is -1.85. The van der Waals surface area contributed by atoms with Crippen LogP contribution in [0.4, 0.5) is 0 Å². The van der Waals surface area contributed by atoms with Crippen LogP contribution in [0.3, 0.4) is 0 Å². The van der Waals surface area contributed by atoms with Crippen molar-refractivity contribution in [2.75, 3.05) is 0 Å². The fraction of sp³-hybridized carbons (Fsp3) is 0.643. The van der Waals surface area contributed by atoms with Crippen molar-refractivity contribution in [1.82, 2.24) is 14.9 Å². The first kappa shape index (κ1) is 16.2. The van der Waals surface area contributed by atoms with Gasteiger partial charge in [0.15, 0.2) is 0 Å². The minimum Gasteiger partial charge on any atom is -0.481 e. The van der Waals surface area contributed by atoms with Gasteiger partial charge in [-0.25, -0.2) is 4.98 Å². The van der Waals surface area contributed by atoms with E-state index in [2.05, 4.69) is 10.3 Å². The van der Waals surface area contributed by atoms with Gasteiger partial charge in [-0.05, 0) is 11.8 Å². The number of rotatable bonds is 7. The lowest BCUT2D eigenvalue weighted by atomic mass is 9.87. The van der Waals surface area contributed by atoms with E-state index in [0.29, 0.717) is 19.4 Å². The summed E-state index contributed by atoms with van der Waals surface area (Å²) in [4.78, 5) is 26.6. The van der Waals surface area contributed by atoms with Gasteiger partial charge in [0.05, 0.1) is 12.7 Å². The third kappa shape index (κ3) is 6.92. The summed E-state index contributed by atoms with van der Waals surface area (Å²) in [7, 11) is 0. The summed E-state index contributed by atoms with van der Waals surface area (Å²) >= 11 is 0. The molecule has 6 nitrogen and oxygen atoms in total. The van der Waals surface area contributed by atoms with Gasteiger partial charge in [-0.2, -0.15) is 0 Å². The third-order valence-electron chi connectivity index (χ3n) is 2.80. The van der Waals surface area contributed by atoms with Crippen molar-refractivity contribution < 1.29 is 14.7 Å². The molecule has 1 aromatic heterocycles. The Morgan fingerprint density at radius 3 is 2.60 bits per heavy atom. The zero-order valence-electron chi connectivity index (χ0n) is 12.3. The molecule has 0 spiro atoms. The van der Waals surface area contributed by atoms with Crippen molar-refractivity contribution in [2.45, 2.75) is 52.6 Å². The number of aliphatic carboxylic acids is 1. The molecule has 0 aliphatic rings. The summed E-state index contributed by atoms with van der Waals surface area (Å²) in [5.41, 5.74) is -0.0300. The highest BCUT2D eigenvalue weighted by molar-refractivity contribution is 5.77. The van der Waals surface area contributed by atoms with Crippen molar-refractivity contribution in [3.63, 3.8) is 0 Å². The molecule has 2 N–H and O–H groups in total. The molecule has 1 unspecified atom stereocenters. The Balaban J connectivity index is 2.46. The number of carbonyl (C=O) groups is 2. The Morgan fingerprint density at radius 2 is 2.10 bits per heavy atom. The van der Waals surface area contributed by atoms with Gasteiger partial charge in [-0.3, -0.25) is 9.59 Å². The summed E-state index contributed by atoms with van der Waals surface area (Å²) in [6.07, 6.45) is 6.00. The van der Waals surface area contributed by atoms with Gasteiger partial charge in [0.2, 0.25) is 5.91 Å². The molecule has 0 saturated carbocycles. The number of hydrogen-bond acceptors (Lipinski definition) is 3. The Labute approximate surface area is 119 Å². The smallest absolute Gasteiger partial charge is 0.305 e. The minimum absolute atomic E-state index is 0.0300. The zero-order chi connectivity index (χ0) is 15.2. The first-order chi connectivity index (χ1) is 9.26. The first-order valence-electron chi connectivity index (χ1n) is 6.73. The second-order valence-corrected chi connectivity index (χ2v) is 6.18. The number of amides is 1. The lowest BCUT2D eigenvalue weighted by molar-refractivity contribution is -0.137. The monoisotopic (exact) mass is 281 g/mol. The number of nitrogens with one attached hydrogen (secondary N) is 1. The van der Waals surface area contributed by atoms with E-state index in [4.69, 9.17) is 5.11 Å². The highest BCUT2D eigenvalue weighted by Crippen LogP contribution is 2.22. The molecule has 112 valence electrons. The van der Waals surface area contributed by atoms with Crippen LogP contribution in [0.2, 0.25) is 0 Å². The first-order valence-corrected chi connectivity index (χ1v) is 6.73. The van der Waals surface area contributed by atoms with Gasteiger partial charge < -0.3 is 15.0 Å². The summed E-state index contributed by atoms with van der Waals surface area (Å²) in [5, 5.41) is 11.7. The molecule has 1 atom stereocenters. The molecular weight excluding hydrogens is 258 g/mol. The molecule has 6 heteroatoms. The largest absolute Gasteiger partial charge is 0.481 e. The van der Waals surface area contributed by atoms with E-state index in [9.17, 15) is 9.59 Å². The fourth-order valence-electron chi connectivity index (χ4n) is 2.07. The van der Waals surface area contributed by atoms with Gasteiger partial charge in [0.25, 0.3) is 0 Å². The summed E-state index contributed by atoms with van der Waals surface area (Å²) in [6.45, 7) is 6.62. The average molecular weight is 281 g/mol. The van der Waals surface area contributed by atoms with Crippen LogP contribution in [0.5, 0.6) is 0 Å². The minimum atomic E-state index is -0.894. The second kappa shape index (κ2) is 7.07. The molecule has 20 heavy (non-hydrogen) atoms. The molecule has 0 fully saturated rings. The van der Waals surface area contributed by atoms with Gasteiger partial charge >= 0.3 is 5.97 Å². The zero-order valence-corrected chi connectivity index (χ0v) is 12.3. The molecule has 0 saturated heterocycles. The second-order valence-electron chi connectivity index (χ2n) is 6.18. The Morgan fingerprint density at radius 1 is 1.40 bits per heavy atom. The predicted octanol–water partition coefficient (Wildman–Crippen LogP) is 1.67. The van der Waals surface area contributed by atoms with Crippen LogP contribution in [-0.4, -0.2) is 32.6 Å². The molecule has 1 amide bonds. The maximum absolute atomic E-state index is 11.9. The highest BCUT2D eigenvalue weighted by Gasteiger charge is 2.22. The SMILES string of the molecule is CC(C)(C)CC(CC(=O)O)NC(=O)CCn1ccnc1. The lowest BCUT2D eigenvalue weighted by Crippen LogP contribution is -2.39.